The first-order valence-corrected chi connectivity index (χ1v) is 9.84. The van der Waals surface area contributed by atoms with E-state index in [2.05, 4.69) is 16.7 Å². The van der Waals surface area contributed by atoms with Crippen molar-refractivity contribution in [3.63, 3.8) is 0 Å². The van der Waals surface area contributed by atoms with Gasteiger partial charge in [-0.25, -0.2) is 0 Å². The van der Waals surface area contributed by atoms with E-state index < -0.39 is 29.3 Å². The van der Waals surface area contributed by atoms with Crippen LogP contribution in [0, 0.1) is 11.3 Å². The predicted molar refractivity (Wildman–Crippen MR) is 99.9 cm³/mol. The maximum atomic E-state index is 12.1. The van der Waals surface area contributed by atoms with Gasteiger partial charge in [-0.2, -0.15) is 5.26 Å². The summed E-state index contributed by atoms with van der Waals surface area (Å²) in [5.74, 6) is -1.37. The van der Waals surface area contributed by atoms with E-state index in [0.29, 0.717) is 12.8 Å². The lowest BCUT2D eigenvalue weighted by Gasteiger charge is -2.31. The fraction of sp³-hybridized carbons (Fsp3) is 0.474. The number of ether oxygens (including phenoxy) is 1. The van der Waals surface area contributed by atoms with Crippen LogP contribution >= 0.6 is 11.8 Å². The number of fused-ring (bicyclic) bond motifs is 1. The van der Waals surface area contributed by atoms with Crippen LogP contribution in [0.25, 0.3) is 0 Å². The van der Waals surface area contributed by atoms with Crippen molar-refractivity contribution in [1.82, 2.24) is 5.32 Å². The molecule has 1 saturated carbocycles. The van der Waals surface area contributed by atoms with Gasteiger partial charge in [0.25, 0.3) is 5.91 Å². The number of carbonyl (C=O) groups excluding carboxylic acids is 3. The van der Waals surface area contributed by atoms with Crippen LogP contribution in [0.1, 0.15) is 38.5 Å². The average molecular weight is 387 g/mol. The van der Waals surface area contributed by atoms with Gasteiger partial charge in [-0.1, -0.05) is 31.4 Å². The molecule has 0 unspecified atom stereocenters. The highest BCUT2D eigenvalue weighted by molar-refractivity contribution is 8.01. The quantitative estimate of drug-likeness (QED) is 0.751. The summed E-state index contributed by atoms with van der Waals surface area (Å²) in [6.45, 7) is -0.447. The van der Waals surface area contributed by atoms with Gasteiger partial charge in [-0.05, 0) is 25.0 Å². The number of anilines is 1. The highest BCUT2D eigenvalue weighted by Gasteiger charge is 2.34. The Kier molecular flexibility index (Phi) is 6.01. The molecular formula is C19H21N3O4S. The van der Waals surface area contributed by atoms with Crippen LogP contribution in [0.4, 0.5) is 5.69 Å². The first-order chi connectivity index (χ1) is 13.0. The third-order valence-corrected chi connectivity index (χ3v) is 6.00. The van der Waals surface area contributed by atoms with Gasteiger partial charge in [0.15, 0.2) is 6.61 Å². The molecule has 8 heteroatoms. The summed E-state index contributed by atoms with van der Waals surface area (Å²) < 4.78 is 5.02. The number of nitriles is 1. The van der Waals surface area contributed by atoms with Gasteiger partial charge in [-0.3, -0.25) is 14.4 Å². The van der Waals surface area contributed by atoms with Crippen LogP contribution in [0.3, 0.4) is 0 Å². The summed E-state index contributed by atoms with van der Waals surface area (Å²) in [5, 5.41) is 14.2. The number of esters is 1. The number of hydrogen-bond acceptors (Lipinski definition) is 6. The van der Waals surface area contributed by atoms with Gasteiger partial charge in [0.1, 0.15) is 5.54 Å². The number of rotatable bonds is 5. The molecule has 0 aromatic heterocycles. The zero-order valence-corrected chi connectivity index (χ0v) is 15.6. The van der Waals surface area contributed by atoms with Crippen LogP contribution in [0.2, 0.25) is 0 Å². The predicted octanol–water partition coefficient (Wildman–Crippen LogP) is 2.38. The highest BCUT2D eigenvalue weighted by atomic mass is 32.2. The van der Waals surface area contributed by atoms with Crippen molar-refractivity contribution < 1.29 is 19.1 Å². The molecule has 2 amide bonds. The standard InChI is InChI=1S/C19H21N3O4S/c20-12-19(8-4-1-5-9-19)22-16(23)11-26-17(24)10-15-18(25)21-13-6-2-3-7-14(13)27-15/h2-3,6-7,15H,1,4-5,8-11H2,(H,21,25)(H,22,23)/t15-/m1/s1. The van der Waals surface area contributed by atoms with Crippen molar-refractivity contribution in [2.75, 3.05) is 11.9 Å². The molecule has 1 atom stereocenters. The second kappa shape index (κ2) is 8.44. The van der Waals surface area contributed by atoms with Crippen LogP contribution in [0.15, 0.2) is 29.2 Å². The highest BCUT2D eigenvalue weighted by Crippen LogP contribution is 2.36. The maximum Gasteiger partial charge on any atom is 0.307 e. The number of carbonyl (C=O) groups is 3. The maximum absolute atomic E-state index is 12.1. The molecule has 3 rings (SSSR count). The smallest absolute Gasteiger partial charge is 0.307 e. The summed E-state index contributed by atoms with van der Waals surface area (Å²) >= 11 is 1.30. The molecule has 1 aromatic rings. The third kappa shape index (κ3) is 4.80. The molecule has 1 heterocycles. The SMILES string of the molecule is N#CC1(NC(=O)COC(=O)C[C@H]2Sc3ccccc3NC2=O)CCCCC1. The van der Waals surface area contributed by atoms with Gasteiger partial charge in [0.05, 0.1) is 23.4 Å². The van der Waals surface area contributed by atoms with Crippen molar-refractivity contribution >= 4 is 35.2 Å². The molecule has 1 aliphatic heterocycles. The van der Waals surface area contributed by atoms with E-state index in [1.54, 1.807) is 6.07 Å². The Hall–Kier alpha value is -2.53. The minimum absolute atomic E-state index is 0.124. The van der Waals surface area contributed by atoms with Gasteiger partial charge in [0, 0.05) is 4.90 Å². The van der Waals surface area contributed by atoms with E-state index >= 15 is 0 Å². The second-order valence-electron chi connectivity index (χ2n) is 6.76. The number of hydrogen-bond donors (Lipinski definition) is 2. The monoisotopic (exact) mass is 387 g/mol. The van der Waals surface area contributed by atoms with Crippen LogP contribution < -0.4 is 10.6 Å². The molecule has 1 aliphatic carbocycles. The van der Waals surface area contributed by atoms with E-state index in [9.17, 15) is 19.6 Å². The lowest BCUT2D eigenvalue weighted by Crippen LogP contribution is -2.50. The van der Waals surface area contributed by atoms with Crippen LogP contribution in [0.5, 0.6) is 0 Å². The lowest BCUT2D eigenvalue weighted by atomic mass is 9.83. The fourth-order valence-electron chi connectivity index (χ4n) is 3.31. The minimum Gasteiger partial charge on any atom is -0.456 e. The topological polar surface area (TPSA) is 108 Å². The van der Waals surface area contributed by atoms with Gasteiger partial charge < -0.3 is 15.4 Å². The molecule has 2 aliphatic rings. The molecule has 0 bridgehead atoms. The van der Waals surface area contributed by atoms with Gasteiger partial charge in [0.2, 0.25) is 5.91 Å². The largest absolute Gasteiger partial charge is 0.456 e. The van der Waals surface area contributed by atoms with E-state index in [1.165, 1.54) is 11.8 Å². The molecule has 0 spiro atoms. The molecule has 2 N–H and O–H groups in total. The number of amides is 2. The molecule has 0 saturated heterocycles. The number of nitrogens with one attached hydrogen (secondary N) is 2. The summed E-state index contributed by atoms with van der Waals surface area (Å²) in [6.07, 6.45) is 3.94. The average Bonchev–Trinajstić information content (AvgIpc) is 2.68. The van der Waals surface area contributed by atoms with Crippen molar-refractivity contribution in [3.8, 4) is 6.07 Å². The number of benzene rings is 1. The van der Waals surface area contributed by atoms with E-state index in [0.717, 1.165) is 29.8 Å². The number of nitrogens with zero attached hydrogens (tertiary/aromatic N) is 1. The van der Waals surface area contributed by atoms with Crippen molar-refractivity contribution in [2.45, 2.75) is 54.2 Å². The lowest BCUT2D eigenvalue weighted by molar-refractivity contribution is -0.149. The van der Waals surface area contributed by atoms with Crippen molar-refractivity contribution in [1.29, 1.82) is 5.26 Å². The normalized spacial score (nSPS) is 20.6. The number of thioether (sulfide) groups is 1. The van der Waals surface area contributed by atoms with Gasteiger partial charge >= 0.3 is 5.97 Å². The van der Waals surface area contributed by atoms with Crippen LogP contribution in [-0.4, -0.2) is 35.2 Å². The fourth-order valence-corrected chi connectivity index (χ4v) is 4.40. The zero-order valence-electron chi connectivity index (χ0n) is 14.8. The molecule has 1 fully saturated rings. The molecule has 142 valence electrons. The second-order valence-corrected chi connectivity index (χ2v) is 8.00. The van der Waals surface area contributed by atoms with E-state index in [1.807, 2.05) is 18.2 Å². The summed E-state index contributed by atoms with van der Waals surface area (Å²) in [5.41, 5.74) is -0.129. The Morgan fingerprint density at radius 3 is 2.78 bits per heavy atom. The van der Waals surface area contributed by atoms with Crippen LogP contribution in [-0.2, 0) is 19.1 Å². The Labute approximate surface area is 161 Å². The first kappa shape index (κ1) is 19.2. The Morgan fingerprint density at radius 1 is 1.30 bits per heavy atom. The van der Waals surface area contributed by atoms with Crippen molar-refractivity contribution in [2.24, 2.45) is 0 Å². The molecule has 7 nitrogen and oxygen atoms in total. The molecule has 27 heavy (non-hydrogen) atoms. The van der Waals surface area contributed by atoms with E-state index in [4.69, 9.17) is 4.74 Å². The minimum atomic E-state index is -0.857. The summed E-state index contributed by atoms with van der Waals surface area (Å²) in [4.78, 5) is 37.1. The summed E-state index contributed by atoms with van der Waals surface area (Å²) in [6, 6.07) is 9.55. The zero-order chi connectivity index (χ0) is 19.3. The number of para-hydroxylation sites is 1. The summed E-state index contributed by atoms with van der Waals surface area (Å²) in [7, 11) is 0. The van der Waals surface area contributed by atoms with E-state index in [-0.39, 0.29) is 12.3 Å². The Balaban J connectivity index is 1.48. The first-order valence-electron chi connectivity index (χ1n) is 8.96. The van der Waals surface area contributed by atoms with Gasteiger partial charge in [-0.15, -0.1) is 11.8 Å². The molecule has 0 radical (unpaired) electrons. The Bertz CT molecular complexity index is 783. The van der Waals surface area contributed by atoms with Crippen molar-refractivity contribution in [3.05, 3.63) is 24.3 Å². The Morgan fingerprint density at radius 2 is 2.04 bits per heavy atom. The molecule has 1 aromatic carbocycles. The molecular weight excluding hydrogens is 366 g/mol. The third-order valence-electron chi connectivity index (χ3n) is 4.72.